The van der Waals surface area contributed by atoms with Crippen molar-refractivity contribution < 1.29 is 9.59 Å². The van der Waals surface area contributed by atoms with E-state index in [9.17, 15) is 9.59 Å². The van der Waals surface area contributed by atoms with Crippen molar-refractivity contribution in [3.8, 4) is 12.3 Å². The summed E-state index contributed by atoms with van der Waals surface area (Å²) in [6.45, 7) is 6.32. The average molecular weight is 387 g/mol. The second-order valence-electron chi connectivity index (χ2n) is 6.90. The molecule has 3 rings (SSSR count). The Labute approximate surface area is 162 Å². The predicted octanol–water partition coefficient (Wildman–Crippen LogP) is 4.64. The molecule has 0 N–H and O–H groups in total. The molecule has 134 valence electrons. The van der Waals surface area contributed by atoms with Crippen molar-refractivity contribution >= 4 is 51.8 Å². The number of rotatable bonds is 2. The highest BCUT2D eigenvalue weighted by Gasteiger charge is 2.35. The van der Waals surface area contributed by atoms with Gasteiger partial charge in [0.25, 0.3) is 11.1 Å². The van der Waals surface area contributed by atoms with Gasteiger partial charge < -0.3 is 4.90 Å². The van der Waals surface area contributed by atoms with E-state index in [0.29, 0.717) is 15.5 Å². The van der Waals surface area contributed by atoms with Crippen molar-refractivity contribution in [2.75, 3.05) is 18.5 Å². The molecular weight excluding hydrogens is 368 g/mol. The summed E-state index contributed by atoms with van der Waals surface area (Å²) in [5.41, 5.74) is 3.84. The largest absolute Gasteiger partial charge is 0.365 e. The van der Waals surface area contributed by atoms with E-state index in [-0.39, 0.29) is 23.2 Å². The molecule has 0 aliphatic carbocycles. The lowest BCUT2D eigenvalue weighted by Gasteiger charge is -2.40. The van der Waals surface area contributed by atoms with Gasteiger partial charge in [-0.05, 0) is 61.9 Å². The third-order valence-electron chi connectivity index (χ3n) is 4.74. The standard InChI is InChI=1S/C20H19ClN2O2S/c1-6-7-23-18(24)17(26-19(23)25)9-13-8-14-12(2)11-20(3,4)22(5)16(14)10-15(13)21/h1,8-11H,7H2,2-5H3/b17-9+. The summed E-state index contributed by atoms with van der Waals surface area (Å²) in [7, 11) is 2.03. The minimum atomic E-state index is -0.378. The highest BCUT2D eigenvalue weighted by Crippen LogP contribution is 2.41. The molecule has 0 bridgehead atoms. The fraction of sp³-hybridized carbons (Fsp3) is 0.300. The van der Waals surface area contributed by atoms with E-state index in [1.807, 2.05) is 19.2 Å². The maximum absolute atomic E-state index is 12.4. The molecule has 26 heavy (non-hydrogen) atoms. The Bertz CT molecular complexity index is 924. The van der Waals surface area contributed by atoms with Crippen LogP contribution in [0, 0.1) is 12.3 Å². The van der Waals surface area contributed by atoms with Gasteiger partial charge in [0.15, 0.2) is 0 Å². The van der Waals surface area contributed by atoms with Gasteiger partial charge in [-0.15, -0.1) is 6.42 Å². The molecule has 1 fully saturated rings. The van der Waals surface area contributed by atoms with Crippen LogP contribution in [0.25, 0.3) is 11.6 Å². The number of halogens is 1. The summed E-state index contributed by atoms with van der Waals surface area (Å²) in [5.74, 6) is 1.95. The van der Waals surface area contributed by atoms with E-state index in [1.165, 1.54) is 0 Å². The molecule has 0 atom stereocenters. The minimum Gasteiger partial charge on any atom is -0.365 e. The lowest BCUT2D eigenvalue weighted by atomic mass is 9.88. The van der Waals surface area contributed by atoms with Gasteiger partial charge >= 0.3 is 0 Å². The number of likely N-dealkylation sites (N-methyl/N-ethyl adjacent to an activating group) is 1. The number of nitrogens with zero attached hydrogens (tertiary/aromatic N) is 2. The first-order valence-corrected chi connectivity index (χ1v) is 9.31. The lowest BCUT2D eigenvalue weighted by Crippen LogP contribution is -2.42. The molecule has 2 aliphatic heterocycles. The van der Waals surface area contributed by atoms with E-state index >= 15 is 0 Å². The Hall–Kier alpha value is -2.16. The molecule has 1 aromatic carbocycles. The second-order valence-corrected chi connectivity index (χ2v) is 8.30. The molecule has 6 heteroatoms. The molecule has 2 amide bonds. The Balaban J connectivity index is 2.05. The summed E-state index contributed by atoms with van der Waals surface area (Å²) in [4.78, 5) is 27.9. The molecule has 0 aromatic heterocycles. The van der Waals surface area contributed by atoms with Crippen molar-refractivity contribution in [3.05, 3.63) is 39.3 Å². The number of carbonyl (C=O) groups excluding carboxylic acids is 2. The Morgan fingerprint density at radius 1 is 1.35 bits per heavy atom. The van der Waals surface area contributed by atoms with E-state index in [0.717, 1.165) is 33.5 Å². The van der Waals surface area contributed by atoms with Gasteiger partial charge in [0, 0.05) is 23.3 Å². The molecule has 1 aromatic rings. The highest BCUT2D eigenvalue weighted by atomic mass is 35.5. The van der Waals surface area contributed by atoms with Crippen LogP contribution in [0.3, 0.4) is 0 Å². The van der Waals surface area contributed by atoms with Crippen LogP contribution in [0.1, 0.15) is 31.9 Å². The van der Waals surface area contributed by atoms with Gasteiger partial charge in [-0.2, -0.15) is 0 Å². The zero-order chi connectivity index (χ0) is 19.2. The summed E-state index contributed by atoms with van der Waals surface area (Å²) in [5, 5.41) is 0.177. The fourth-order valence-corrected chi connectivity index (χ4v) is 4.21. The first kappa shape index (κ1) is 18.6. The second kappa shape index (κ2) is 6.53. The van der Waals surface area contributed by atoms with Gasteiger partial charge in [-0.1, -0.05) is 23.6 Å². The van der Waals surface area contributed by atoms with Crippen molar-refractivity contribution in [3.63, 3.8) is 0 Å². The van der Waals surface area contributed by atoms with Gasteiger partial charge in [-0.3, -0.25) is 14.5 Å². The van der Waals surface area contributed by atoms with Crippen molar-refractivity contribution in [2.45, 2.75) is 26.3 Å². The first-order chi connectivity index (χ1) is 12.2. The van der Waals surface area contributed by atoms with E-state index in [4.69, 9.17) is 18.0 Å². The smallest absolute Gasteiger partial charge is 0.294 e. The van der Waals surface area contributed by atoms with Crippen LogP contribution in [-0.4, -0.2) is 35.2 Å². The zero-order valence-electron chi connectivity index (χ0n) is 15.1. The number of carbonyl (C=O) groups is 2. The van der Waals surface area contributed by atoms with Gasteiger partial charge in [0.05, 0.1) is 17.0 Å². The van der Waals surface area contributed by atoms with Crippen molar-refractivity contribution in [2.24, 2.45) is 0 Å². The average Bonchev–Trinajstić information content (AvgIpc) is 2.82. The predicted molar refractivity (Wildman–Crippen MR) is 109 cm³/mol. The number of thioether (sulfide) groups is 1. The van der Waals surface area contributed by atoms with Crippen LogP contribution in [0.2, 0.25) is 5.02 Å². The van der Waals surface area contributed by atoms with E-state index < -0.39 is 0 Å². The number of anilines is 1. The number of allylic oxidation sites excluding steroid dienone is 1. The van der Waals surface area contributed by atoms with Gasteiger partial charge in [-0.25, -0.2) is 0 Å². The molecule has 1 saturated heterocycles. The third-order valence-corrected chi connectivity index (χ3v) is 5.98. The number of terminal acetylenes is 1. The molecule has 0 saturated carbocycles. The Morgan fingerprint density at radius 2 is 2.04 bits per heavy atom. The SMILES string of the molecule is C#CCN1C(=O)S/C(=C/c2cc3c(cc2Cl)N(C)C(C)(C)C=C3C)C1=O. The normalized spacial score (nSPS) is 20.3. The lowest BCUT2D eigenvalue weighted by molar-refractivity contribution is -0.122. The number of fused-ring (bicyclic) bond motifs is 1. The number of imide groups is 1. The van der Waals surface area contributed by atoms with Crippen LogP contribution in [0.15, 0.2) is 23.1 Å². The van der Waals surface area contributed by atoms with Crippen LogP contribution in [0.5, 0.6) is 0 Å². The van der Waals surface area contributed by atoms with Crippen molar-refractivity contribution in [1.29, 1.82) is 0 Å². The molecular formula is C20H19ClN2O2S. The van der Waals surface area contributed by atoms with Gasteiger partial charge in [0.1, 0.15) is 0 Å². The van der Waals surface area contributed by atoms with Crippen LogP contribution in [0.4, 0.5) is 10.5 Å². The fourth-order valence-electron chi connectivity index (χ4n) is 3.17. The van der Waals surface area contributed by atoms with Crippen LogP contribution < -0.4 is 4.90 Å². The Morgan fingerprint density at radius 3 is 2.69 bits per heavy atom. The minimum absolute atomic E-state index is 0.0261. The monoisotopic (exact) mass is 386 g/mol. The maximum Gasteiger partial charge on any atom is 0.294 e. The summed E-state index contributed by atoms with van der Waals surface area (Å²) in [6.07, 6.45) is 9.09. The van der Waals surface area contributed by atoms with Crippen LogP contribution >= 0.6 is 23.4 Å². The number of benzene rings is 1. The third kappa shape index (κ3) is 3.04. The summed E-state index contributed by atoms with van der Waals surface area (Å²) >= 11 is 7.37. The number of amides is 2. The molecule has 0 unspecified atom stereocenters. The number of hydrogen-bond donors (Lipinski definition) is 0. The quantitative estimate of drug-likeness (QED) is 0.548. The number of hydrogen-bond acceptors (Lipinski definition) is 4. The summed E-state index contributed by atoms with van der Waals surface area (Å²) in [6, 6.07) is 3.87. The summed E-state index contributed by atoms with van der Waals surface area (Å²) < 4.78 is 0. The highest BCUT2D eigenvalue weighted by molar-refractivity contribution is 8.18. The first-order valence-electron chi connectivity index (χ1n) is 8.11. The molecule has 0 radical (unpaired) electrons. The molecule has 0 spiro atoms. The maximum atomic E-state index is 12.4. The Kier molecular flexibility index (Phi) is 4.68. The van der Waals surface area contributed by atoms with Gasteiger partial charge in [0.2, 0.25) is 0 Å². The van der Waals surface area contributed by atoms with Crippen LogP contribution in [-0.2, 0) is 4.79 Å². The van der Waals surface area contributed by atoms with E-state index in [2.05, 4.69) is 37.7 Å². The molecule has 4 nitrogen and oxygen atoms in total. The molecule has 2 aliphatic rings. The molecule has 2 heterocycles. The van der Waals surface area contributed by atoms with E-state index in [1.54, 1.807) is 6.08 Å². The van der Waals surface area contributed by atoms with Crippen molar-refractivity contribution in [1.82, 2.24) is 4.90 Å². The topological polar surface area (TPSA) is 40.6 Å². The zero-order valence-corrected chi connectivity index (χ0v) is 16.7.